The summed E-state index contributed by atoms with van der Waals surface area (Å²) in [5.74, 6) is 0.762. The summed E-state index contributed by atoms with van der Waals surface area (Å²) in [5, 5.41) is 19.6. The molecule has 0 aromatic rings. The molecule has 0 bridgehead atoms. The van der Waals surface area contributed by atoms with Crippen LogP contribution in [-0.2, 0) is 0 Å². The fourth-order valence-corrected chi connectivity index (χ4v) is 1.50. The average molecular weight is 230 g/mol. The molecule has 16 heavy (non-hydrogen) atoms. The summed E-state index contributed by atoms with van der Waals surface area (Å²) >= 11 is 0. The van der Waals surface area contributed by atoms with Gasteiger partial charge in [-0.15, -0.1) is 0 Å². The quantitative estimate of drug-likeness (QED) is 0.736. The Morgan fingerprint density at radius 1 is 1.00 bits per heavy atom. The highest BCUT2D eigenvalue weighted by Crippen LogP contribution is 2.37. The Morgan fingerprint density at radius 2 is 1.44 bits per heavy atom. The number of aliphatic hydroxyl groups is 2. The molecule has 0 radical (unpaired) electrons. The van der Waals surface area contributed by atoms with Crippen LogP contribution in [0.2, 0.25) is 0 Å². The first-order valence-corrected chi connectivity index (χ1v) is 6.34. The van der Waals surface area contributed by atoms with Gasteiger partial charge >= 0.3 is 0 Å². The van der Waals surface area contributed by atoms with E-state index in [1.807, 2.05) is 13.8 Å². The summed E-state index contributed by atoms with van der Waals surface area (Å²) in [6, 6.07) is 0. The van der Waals surface area contributed by atoms with Crippen LogP contribution in [0.25, 0.3) is 0 Å². The predicted octanol–water partition coefficient (Wildman–Crippen LogP) is 3.07. The lowest BCUT2D eigenvalue weighted by Crippen LogP contribution is -2.38. The molecule has 2 heteroatoms. The molecule has 0 heterocycles. The second kappa shape index (κ2) is 5.50. The molecule has 0 rings (SSSR count). The smallest absolute Gasteiger partial charge is 0.0596 e. The highest BCUT2D eigenvalue weighted by Gasteiger charge is 2.35. The van der Waals surface area contributed by atoms with Crippen molar-refractivity contribution in [3.8, 4) is 0 Å². The van der Waals surface area contributed by atoms with Gasteiger partial charge in [0.25, 0.3) is 0 Å². The van der Waals surface area contributed by atoms with Crippen molar-refractivity contribution >= 4 is 0 Å². The summed E-state index contributed by atoms with van der Waals surface area (Å²) in [6.45, 7) is 14.9. The Bertz CT molecular complexity index is 207. The van der Waals surface area contributed by atoms with E-state index in [2.05, 4.69) is 34.6 Å². The third-order valence-corrected chi connectivity index (χ3v) is 4.67. The number of rotatable bonds is 6. The first kappa shape index (κ1) is 15.9. The van der Waals surface area contributed by atoms with Gasteiger partial charge in [0.15, 0.2) is 0 Å². The van der Waals surface area contributed by atoms with Crippen LogP contribution in [0.1, 0.15) is 54.9 Å². The van der Waals surface area contributed by atoms with Crippen LogP contribution >= 0.6 is 0 Å². The van der Waals surface area contributed by atoms with Crippen LogP contribution < -0.4 is 0 Å². The van der Waals surface area contributed by atoms with E-state index in [-0.39, 0.29) is 23.5 Å². The third-order valence-electron chi connectivity index (χ3n) is 4.67. The molecular weight excluding hydrogens is 200 g/mol. The van der Waals surface area contributed by atoms with E-state index in [0.29, 0.717) is 11.8 Å². The molecule has 0 aliphatic carbocycles. The second-order valence-corrected chi connectivity index (χ2v) is 6.78. The second-order valence-electron chi connectivity index (χ2n) is 6.78. The highest BCUT2D eigenvalue weighted by atomic mass is 16.3. The van der Waals surface area contributed by atoms with Crippen LogP contribution in [0.3, 0.4) is 0 Å². The molecule has 0 fully saturated rings. The number of hydrogen-bond donors (Lipinski definition) is 2. The Kier molecular flexibility index (Phi) is 5.48. The molecule has 0 amide bonds. The molecule has 0 saturated carbocycles. The lowest BCUT2D eigenvalue weighted by molar-refractivity contribution is -0.0195. The molecule has 2 atom stereocenters. The van der Waals surface area contributed by atoms with Crippen LogP contribution in [0.4, 0.5) is 0 Å². The molecule has 2 nitrogen and oxygen atoms in total. The first-order chi connectivity index (χ1) is 7.05. The van der Waals surface area contributed by atoms with E-state index in [9.17, 15) is 10.2 Å². The maximum atomic E-state index is 10.3. The lowest BCUT2D eigenvalue weighted by atomic mass is 9.70. The van der Waals surface area contributed by atoms with Gasteiger partial charge in [-0.2, -0.15) is 0 Å². The lowest BCUT2D eigenvalue weighted by Gasteiger charge is -2.39. The number of aliphatic hydroxyl groups excluding tert-OH is 2. The van der Waals surface area contributed by atoms with E-state index in [4.69, 9.17) is 0 Å². The molecule has 0 aliphatic rings. The molecule has 98 valence electrons. The van der Waals surface area contributed by atoms with Crippen LogP contribution in [0, 0.1) is 22.7 Å². The zero-order chi connectivity index (χ0) is 13.1. The molecule has 0 aromatic carbocycles. The van der Waals surface area contributed by atoms with Gasteiger partial charge in [0, 0.05) is 6.61 Å². The van der Waals surface area contributed by atoms with Crippen molar-refractivity contribution in [2.24, 2.45) is 22.7 Å². The minimum atomic E-state index is -0.312. The van der Waals surface area contributed by atoms with Crippen molar-refractivity contribution in [2.75, 3.05) is 6.61 Å². The Morgan fingerprint density at radius 3 is 1.75 bits per heavy atom. The highest BCUT2D eigenvalue weighted by molar-refractivity contribution is 4.85. The van der Waals surface area contributed by atoms with Crippen molar-refractivity contribution in [3.05, 3.63) is 0 Å². The molecule has 0 saturated heterocycles. The Hall–Kier alpha value is -0.0800. The maximum absolute atomic E-state index is 10.3. The summed E-state index contributed by atoms with van der Waals surface area (Å²) in [6.07, 6.45) is 0.437. The first-order valence-electron chi connectivity index (χ1n) is 6.34. The van der Waals surface area contributed by atoms with Gasteiger partial charge in [0.05, 0.1) is 6.10 Å². The van der Waals surface area contributed by atoms with Gasteiger partial charge in [-0.3, -0.25) is 0 Å². The molecular formula is C14H30O2. The zero-order valence-electron chi connectivity index (χ0n) is 12.0. The third kappa shape index (κ3) is 3.74. The summed E-state index contributed by atoms with van der Waals surface area (Å²) in [4.78, 5) is 0. The summed E-state index contributed by atoms with van der Waals surface area (Å²) in [5.41, 5.74) is -0.187. The predicted molar refractivity (Wildman–Crippen MR) is 69.3 cm³/mol. The summed E-state index contributed by atoms with van der Waals surface area (Å²) < 4.78 is 0. The van der Waals surface area contributed by atoms with E-state index in [0.717, 1.165) is 6.42 Å². The Labute approximate surface area is 101 Å². The molecule has 2 unspecified atom stereocenters. The van der Waals surface area contributed by atoms with E-state index >= 15 is 0 Å². The number of hydrogen-bond acceptors (Lipinski definition) is 2. The van der Waals surface area contributed by atoms with Gasteiger partial charge in [-0.1, -0.05) is 48.5 Å². The van der Waals surface area contributed by atoms with Gasteiger partial charge in [-0.25, -0.2) is 0 Å². The molecule has 0 aromatic heterocycles. The maximum Gasteiger partial charge on any atom is 0.0596 e. The van der Waals surface area contributed by atoms with Crippen LogP contribution in [0.5, 0.6) is 0 Å². The van der Waals surface area contributed by atoms with E-state index in [1.54, 1.807) is 0 Å². The largest absolute Gasteiger partial charge is 0.396 e. The monoisotopic (exact) mass is 230 g/mol. The standard InChI is InChI=1S/C14H30O2/c1-10(2)14(6,7)12(16)8-11(3)13(4,5)9-15/h10-12,15-16H,8-9H2,1-7H3. The van der Waals surface area contributed by atoms with Crippen molar-refractivity contribution in [2.45, 2.75) is 61.0 Å². The average Bonchev–Trinajstić information content (AvgIpc) is 2.17. The fraction of sp³-hybridized carbons (Fsp3) is 1.00. The van der Waals surface area contributed by atoms with Crippen molar-refractivity contribution in [3.63, 3.8) is 0 Å². The topological polar surface area (TPSA) is 40.5 Å². The molecule has 0 aliphatic heterocycles. The molecule has 0 spiro atoms. The SMILES string of the molecule is CC(CC(O)C(C)(C)C(C)C)C(C)(C)CO. The van der Waals surface area contributed by atoms with Crippen LogP contribution in [0.15, 0.2) is 0 Å². The van der Waals surface area contributed by atoms with Crippen LogP contribution in [-0.4, -0.2) is 22.9 Å². The molecule has 2 N–H and O–H groups in total. The van der Waals surface area contributed by atoms with Gasteiger partial charge in [-0.05, 0) is 29.1 Å². The summed E-state index contributed by atoms with van der Waals surface area (Å²) in [7, 11) is 0. The van der Waals surface area contributed by atoms with Gasteiger partial charge in [0.2, 0.25) is 0 Å². The van der Waals surface area contributed by atoms with Gasteiger partial charge < -0.3 is 10.2 Å². The fourth-order valence-electron chi connectivity index (χ4n) is 1.50. The van der Waals surface area contributed by atoms with E-state index in [1.165, 1.54) is 0 Å². The van der Waals surface area contributed by atoms with Crippen molar-refractivity contribution in [1.29, 1.82) is 0 Å². The van der Waals surface area contributed by atoms with Crippen molar-refractivity contribution < 1.29 is 10.2 Å². The minimum absolute atomic E-state index is 0.0696. The van der Waals surface area contributed by atoms with Crippen molar-refractivity contribution in [1.82, 2.24) is 0 Å². The van der Waals surface area contributed by atoms with Gasteiger partial charge in [0.1, 0.15) is 0 Å². The normalized spacial score (nSPS) is 17.6. The zero-order valence-corrected chi connectivity index (χ0v) is 12.0. The Balaban J connectivity index is 4.52. The van der Waals surface area contributed by atoms with E-state index < -0.39 is 0 Å². The minimum Gasteiger partial charge on any atom is -0.396 e.